The second-order valence-corrected chi connectivity index (χ2v) is 6.82. The lowest BCUT2D eigenvalue weighted by molar-refractivity contribution is 0.0983. The lowest BCUT2D eigenvalue weighted by Crippen LogP contribution is -2.48. The number of hydrogen-bond donors (Lipinski definition) is 2. The fourth-order valence-corrected chi connectivity index (χ4v) is 3.63. The van der Waals surface area contributed by atoms with Crippen molar-refractivity contribution in [1.29, 1.82) is 0 Å². The van der Waals surface area contributed by atoms with Crippen LogP contribution in [0.15, 0.2) is 30.5 Å². The summed E-state index contributed by atoms with van der Waals surface area (Å²) in [5.74, 6) is 0.917. The average molecular weight is 343 g/mol. The molecule has 2 amide bonds. The normalized spacial score (nSPS) is 21.6. The number of rotatable bonds is 4. The maximum Gasteiger partial charge on any atom is 0.317 e. The summed E-state index contributed by atoms with van der Waals surface area (Å²) in [5.41, 5.74) is 1.09. The number of aromatic amines is 1. The van der Waals surface area contributed by atoms with Crippen molar-refractivity contribution in [3.05, 3.63) is 30.5 Å². The zero-order valence-electron chi connectivity index (χ0n) is 14.4. The first-order valence-corrected chi connectivity index (χ1v) is 9.17. The highest BCUT2D eigenvalue weighted by Gasteiger charge is 2.25. The SMILES string of the molecule is O=C(NCC1CCCO1)N1CCC(Oc2cccc3[nH]ccc23)CC1. The van der Waals surface area contributed by atoms with Gasteiger partial charge in [0, 0.05) is 56.2 Å². The third-order valence-electron chi connectivity index (χ3n) is 5.08. The molecule has 0 aliphatic carbocycles. The Bertz CT molecular complexity index is 716. The van der Waals surface area contributed by atoms with E-state index in [4.69, 9.17) is 9.47 Å². The van der Waals surface area contributed by atoms with Gasteiger partial charge in [-0.3, -0.25) is 0 Å². The highest BCUT2D eigenvalue weighted by Crippen LogP contribution is 2.27. The Labute approximate surface area is 147 Å². The highest BCUT2D eigenvalue weighted by molar-refractivity contribution is 5.85. The van der Waals surface area contributed by atoms with Gasteiger partial charge in [-0.05, 0) is 31.0 Å². The zero-order chi connectivity index (χ0) is 17.1. The smallest absolute Gasteiger partial charge is 0.317 e. The van der Waals surface area contributed by atoms with E-state index in [9.17, 15) is 4.79 Å². The van der Waals surface area contributed by atoms with Crippen LogP contribution in [-0.2, 0) is 4.74 Å². The predicted octanol–water partition coefficient (Wildman–Crippen LogP) is 2.90. The molecule has 1 unspecified atom stereocenters. The van der Waals surface area contributed by atoms with E-state index in [2.05, 4.69) is 10.3 Å². The van der Waals surface area contributed by atoms with Crippen LogP contribution in [-0.4, -0.2) is 54.4 Å². The number of carbonyl (C=O) groups is 1. The molecule has 25 heavy (non-hydrogen) atoms. The van der Waals surface area contributed by atoms with E-state index < -0.39 is 0 Å². The molecule has 4 rings (SSSR count). The van der Waals surface area contributed by atoms with E-state index in [1.807, 2.05) is 35.4 Å². The number of amides is 2. The number of H-pyrrole nitrogens is 1. The third kappa shape index (κ3) is 3.74. The molecule has 2 aliphatic heterocycles. The number of nitrogens with zero attached hydrogens (tertiary/aromatic N) is 1. The number of aromatic nitrogens is 1. The molecule has 2 saturated heterocycles. The monoisotopic (exact) mass is 343 g/mol. The summed E-state index contributed by atoms with van der Waals surface area (Å²) in [6, 6.07) is 8.11. The van der Waals surface area contributed by atoms with Gasteiger partial charge in [-0.2, -0.15) is 0 Å². The Morgan fingerprint density at radius 1 is 1.28 bits per heavy atom. The molecule has 0 spiro atoms. The van der Waals surface area contributed by atoms with Gasteiger partial charge in [0.15, 0.2) is 0 Å². The summed E-state index contributed by atoms with van der Waals surface area (Å²) in [6.07, 6.45) is 6.12. The summed E-state index contributed by atoms with van der Waals surface area (Å²) in [4.78, 5) is 17.4. The van der Waals surface area contributed by atoms with Crippen LogP contribution >= 0.6 is 0 Å². The van der Waals surface area contributed by atoms with Gasteiger partial charge in [-0.25, -0.2) is 4.79 Å². The van der Waals surface area contributed by atoms with Crippen LogP contribution in [0.3, 0.4) is 0 Å². The summed E-state index contributed by atoms with van der Waals surface area (Å²) in [5, 5.41) is 4.11. The number of benzene rings is 1. The summed E-state index contributed by atoms with van der Waals surface area (Å²) >= 11 is 0. The Morgan fingerprint density at radius 2 is 2.16 bits per heavy atom. The molecule has 2 fully saturated rings. The lowest BCUT2D eigenvalue weighted by atomic mass is 10.1. The molecule has 1 aromatic carbocycles. The lowest BCUT2D eigenvalue weighted by Gasteiger charge is -2.32. The van der Waals surface area contributed by atoms with E-state index in [-0.39, 0.29) is 18.2 Å². The molecule has 0 bridgehead atoms. The van der Waals surface area contributed by atoms with Crippen LogP contribution in [0.4, 0.5) is 4.79 Å². The van der Waals surface area contributed by atoms with Crippen molar-refractivity contribution in [2.45, 2.75) is 37.9 Å². The Hall–Kier alpha value is -2.21. The van der Waals surface area contributed by atoms with Crippen LogP contribution in [0.5, 0.6) is 5.75 Å². The van der Waals surface area contributed by atoms with Crippen molar-refractivity contribution in [3.63, 3.8) is 0 Å². The van der Waals surface area contributed by atoms with Gasteiger partial charge >= 0.3 is 6.03 Å². The summed E-state index contributed by atoms with van der Waals surface area (Å²) < 4.78 is 11.7. The Balaban J connectivity index is 1.26. The van der Waals surface area contributed by atoms with Crippen LogP contribution in [0.1, 0.15) is 25.7 Å². The van der Waals surface area contributed by atoms with Gasteiger partial charge in [0.25, 0.3) is 0 Å². The van der Waals surface area contributed by atoms with E-state index >= 15 is 0 Å². The van der Waals surface area contributed by atoms with Gasteiger partial charge < -0.3 is 24.7 Å². The third-order valence-corrected chi connectivity index (χ3v) is 5.08. The Morgan fingerprint density at radius 3 is 2.96 bits per heavy atom. The maximum absolute atomic E-state index is 12.3. The topological polar surface area (TPSA) is 66.6 Å². The molecule has 2 N–H and O–H groups in total. The van der Waals surface area contributed by atoms with Gasteiger partial charge in [-0.15, -0.1) is 0 Å². The number of likely N-dealkylation sites (tertiary alicyclic amines) is 1. The molecule has 0 saturated carbocycles. The van der Waals surface area contributed by atoms with Crippen molar-refractivity contribution in [2.75, 3.05) is 26.2 Å². The average Bonchev–Trinajstić information content (AvgIpc) is 3.32. The van der Waals surface area contributed by atoms with Crippen LogP contribution in [0.2, 0.25) is 0 Å². The number of hydrogen-bond acceptors (Lipinski definition) is 3. The van der Waals surface area contributed by atoms with Crippen molar-refractivity contribution in [2.24, 2.45) is 0 Å². The molecule has 2 aromatic rings. The first kappa shape index (κ1) is 16.3. The van der Waals surface area contributed by atoms with Crippen molar-refractivity contribution in [3.8, 4) is 5.75 Å². The molecule has 3 heterocycles. The molecule has 0 radical (unpaired) electrons. The summed E-state index contributed by atoms with van der Waals surface area (Å²) in [6.45, 7) is 2.89. The van der Waals surface area contributed by atoms with E-state index in [1.165, 1.54) is 0 Å². The first-order chi connectivity index (χ1) is 12.3. The van der Waals surface area contributed by atoms with Gasteiger partial charge in [-0.1, -0.05) is 6.07 Å². The molecule has 134 valence electrons. The van der Waals surface area contributed by atoms with Gasteiger partial charge in [0.2, 0.25) is 0 Å². The molecule has 2 aliphatic rings. The van der Waals surface area contributed by atoms with E-state index in [0.717, 1.165) is 62.0 Å². The minimum absolute atomic E-state index is 0.0155. The molecule has 6 nitrogen and oxygen atoms in total. The molecule has 1 aromatic heterocycles. The van der Waals surface area contributed by atoms with Crippen molar-refractivity contribution >= 4 is 16.9 Å². The summed E-state index contributed by atoms with van der Waals surface area (Å²) in [7, 11) is 0. The number of piperidine rings is 1. The first-order valence-electron chi connectivity index (χ1n) is 9.17. The van der Waals surface area contributed by atoms with Crippen LogP contribution in [0, 0.1) is 0 Å². The van der Waals surface area contributed by atoms with Crippen LogP contribution < -0.4 is 10.1 Å². The minimum atomic E-state index is 0.0155. The molecule has 6 heteroatoms. The number of carbonyl (C=O) groups excluding carboxylic acids is 1. The van der Waals surface area contributed by atoms with Crippen molar-refractivity contribution in [1.82, 2.24) is 15.2 Å². The molecular weight excluding hydrogens is 318 g/mol. The minimum Gasteiger partial charge on any atom is -0.490 e. The highest BCUT2D eigenvalue weighted by atomic mass is 16.5. The quantitative estimate of drug-likeness (QED) is 0.897. The fourth-order valence-electron chi connectivity index (χ4n) is 3.63. The van der Waals surface area contributed by atoms with Crippen molar-refractivity contribution < 1.29 is 14.3 Å². The predicted molar refractivity (Wildman–Crippen MR) is 95.9 cm³/mol. The Kier molecular flexibility index (Phi) is 4.78. The molecular formula is C19H25N3O3. The van der Waals surface area contributed by atoms with E-state index in [0.29, 0.717) is 6.54 Å². The van der Waals surface area contributed by atoms with Gasteiger partial charge in [0.05, 0.1) is 6.10 Å². The largest absolute Gasteiger partial charge is 0.490 e. The van der Waals surface area contributed by atoms with Crippen LogP contribution in [0.25, 0.3) is 10.9 Å². The number of nitrogens with one attached hydrogen (secondary N) is 2. The maximum atomic E-state index is 12.3. The second-order valence-electron chi connectivity index (χ2n) is 6.82. The number of fused-ring (bicyclic) bond motifs is 1. The fraction of sp³-hybridized carbons (Fsp3) is 0.526. The zero-order valence-corrected chi connectivity index (χ0v) is 14.4. The number of urea groups is 1. The molecule has 1 atom stereocenters. The number of ether oxygens (including phenoxy) is 2. The van der Waals surface area contributed by atoms with E-state index in [1.54, 1.807) is 0 Å². The standard InChI is InChI=1S/C19H25N3O3/c23-19(21-13-15-3-2-12-24-15)22-10-7-14(8-11-22)25-18-5-1-4-17-16(18)6-9-20-17/h1,4-6,9,14-15,20H,2-3,7-8,10-13H2,(H,21,23). The second kappa shape index (κ2) is 7.35. The van der Waals surface area contributed by atoms with Gasteiger partial charge in [0.1, 0.15) is 11.9 Å².